The molecule has 0 saturated heterocycles. The molecule has 0 radical (unpaired) electrons. The summed E-state index contributed by atoms with van der Waals surface area (Å²) in [6, 6.07) is 0. The lowest BCUT2D eigenvalue weighted by atomic mass is 10.0. The largest absolute Gasteiger partial charge is 0.479 e. The molecule has 2 N–H and O–H groups in total. The van der Waals surface area contributed by atoms with Gasteiger partial charge in [-0.2, -0.15) is 4.98 Å². The molecule has 0 saturated carbocycles. The van der Waals surface area contributed by atoms with Crippen LogP contribution in [0.3, 0.4) is 0 Å². The van der Waals surface area contributed by atoms with Crippen LogP contribution in [0.5, 0.6) is 5.88 Å². The van der Waals surface area contributed by atoms with Crippen LogP contribution < -0.4 is 15.4 Å². The van der Waals surface area contributed by atoms with Crippen LogP contribution in [0.1, 0.15) is 19.8 Å². The average molecular weight is 222 g/mol. The first-order chi connectivity index (χ1) is 7.85. The van der Waals surface area contributed by atoms with Gasteiger partial charge in [0.25, 0.3) is 0 Å². The molecule has 0 amide bonds. The molecule has 1 aromatic heterocycles. The number of nitrogens with one attached hydrogen (secondary N) is 2. The van der Waals surface area contributed by atoms with E-state index >= 15 is 0 Å². The maximum absolute atomic E-state index is 5.21. The minimum atomic E-state index is 0.606. The summed E-state index contributed by atoms with van der Waals surface area (Å²) in [6.07, 6.45) is 3.93. The van der Waals surface area contributed by atoms with Crippen LogP contribution in [0.15, 0.2) is 6.33 Å². The quantitative estimate of drug-likeness (QED) is 0.815. The molecule has 5 heteroatoms. The maximum Gasteiger partial charge on any atom is 0.242 e. The summed E-state index contributed by atoms with van der Waals surface area (Å²) in [5, 5.41) is 6.71. The van der Waals surface area contributed by atoms with Gasteiger partial charge in [0, 0.05) is 13.1 Å². The first kappa shape index (κ1) is 11.0. The van der Waals surface area contributed by atoms with Crippen LogP contribution in [0.2, 0.25) is 0 Å². The summed E-state index contributed by atoms with van der Waals surface area (Å²) in [7, 11) is 1.62. The van der Waals surface area contributed by atoms with Gasteiger partial charge in [0.05, 0.1) is 7.11 Å². The van der Waals surface area contributed by atoms with Crippen LogP contribution >= 0.6 is 0 Å². The van der Waals surface area contributed by atoms with Gasteiger partial charge in [-0.15, -0.1) is 0 Å². The third-order valence-corrected chi connectivity index (χ3v) is 2.83. The highest BCUT2D eigenvalue weighted by atomic mass is 16.5. The Morgan fingerprint density at radius 3 is 2.94 bits per heavy atom. The summed E-state index contributed by atoms with van der Waals surface area (Å²) >= 11 is 0. The SMILES string of the molecule is CCCC1CNc2ncnc(OC)c2NC1. The van der Waals surface area contributed by atoms with Crippen LogP contribution in [-0.2, 0) is 0 Å². The predicted octanol–water partition coefficient (Wildman–Crippen LogP) is 1.74. The fourth-order valence-electron chi connectivity index (χ4n) is 1.99. The van der Waals surface area contributed by atoms with Gasteiger partial charge in [-0.25, -0.2) is 4.98 Å². The Morgan fingerprint density at radius 1 is 1.38 bits per heavy atom. The zero-order valence-electron chi connectivity index (χ0n) is 9.79. The van der Waals surface area contributed by atoms with Crippen molar-refractivity contribution in [3.8, 4) is 5.88 Å². The second-order valence-electron chi connectivity index (χ2n) is 4.02. The maximum atomic E-state index is 5.21. The second-order valence-corrected chi connectivity index (χ2v) is 4.02. The van der Waals surface area contributed by atoms with Gasteiger partial charge in [-0.05, 0) is 12.3 Å². The first-order valence-corrected chi connectivity index (χ1v) is 5.71. The summed E-state index contributed by atoms with van der Waals surface area (Å²) < 4.78 is 5.21. The van der Waals surface area contributed by atoms with Gasteiger partial charge >= 0.3 is 0 Å². The van der Waals surface area contributed by atoms with E-state index in [4.69, 9.17) is 4.74 Å². The van der Waals surface area contributed by atoms with Crippen molar-refractivity contribution in [1.82, 2.24) is 9.97 Å². The Labute approximate surface area is 95.6 Å². The van der Waals surface area contributed by atoms with Crippen molar-refractivity contribution in [3.05, 3.63) is 6.33 Å². The summed E-state index contributed by atoms with van der Waals surface area (Å²) in [5.74, 6) is 2.07. The average Bonchev–Trinajstić information content (AvgIpc) is 2.52. The molecule has 1 aliphatic rings. The minimum absolute atomic E-state index is 0.606. The van der Waals surface area contributed by atoms with Crippen LogP contribution in [-0.4, -0.2) is 30.2 Å². The zero-order chi connectivity index (χ0) is 11.4. The number of hydrogen-bond acceptors (Lipinski definition) is 5. The molecule has 0 spiro atoms. The summed E-state index contributed by atoms with van der Waals surface area (Å²) in [4.78, 5) is 8.31. The van der Waals surface area contributed by atoms with Crippen molar-refractivity contribution in [3.63, 3.8) is 0 Å². The molecule has 2 heterocycles. The molecule has 0 aromatic carbocycles. The number of anilines is 2. The molecule has 1 aliphatic heterocycles. The third kappa shape index (κ3) is 2.18. The number of aromatic nitrogens is 2. The lowest BCUT2D eigenvalue weighted by Gasteiger charge is -2.12. The van der Waals surface area contributed by atoms with Gasteiger partial charge in [-0.3, -0.25) is 0 Å². The Morgan fingerprint density at radius 2 is 2.19 bits per heavy atom. The normalized spacial score (nSPS) is 19.0. The van der Waals surface area contributed by atoms with E-state index in [-0.39, 0.29) is 0 Å². The summed E-state index contributed by atoms with van der Waals surface area (Å²) in [5.41, 5.74) is 0.878. The molecule has 0 bridgehead atoms. The van der Waals surface area contributed by atoms with E-state index in [0.29, 0.717) is 11.8 Å². The molecule has 1 aromatic rings. The van der Waals surface area contributed by atoms with Gasteiger partial charge in [-0.1, -0.05) is 13.3 Å². The molecule has 1 atom stereocenters. The lowest BCUT2D eigenvalue weighted by Crippen LogP contribution is -2.18. The highest BCUT2D eigenvalue weighted by Gasteiger charge is 2.18. The fraction of sp³-hybridized carbons (Fsp3) is 0.636. The van der Waals surface area contributed by atoms with E-state index in [1.165, 1.54) is 19.2 Å². The molecule has 16 heavy (non-hydrogen) atoms. The standard InChI is InChI=1S/C11H18N4O/c1-3-4-8-5-12-9-10(13-6-8)14-7-15-11(9)16-2/h7-8,12H,3-6H2,1-2H3,(H,13,14,15). The monoisotopic (exact) mass is 222 g/mol. The smallest absolute Gasteiger partial charge is 0.242 e. The molecule has 88 valence electrons. The van der Waals surface area contributed by atoms with Crippen molar-refractivity contribution < 1.29 is 4.74 Å². The topological polar surface area (TPSA) is 59.1 Å². The molecule has 0 aliphatic carbocycles. The van der Waals surface area contributed by atoms with Crippen molar-refractivity contribution >= 4 is 11.5 Å². The van der Waals surface area contributed by atoms with E-state index in [9.17, 15) is 0 Å². The highest BCUT2D eigenvalue weighted by Crippen LogP contribution is 2.30. The van der Waals surface area contributed by atoms with E-state index in [1.807, 2.05) is 0 Å². The second kappa shape index (κ2) is 5.01. The van der Waals surface area contributed by atoms with E-state index < -0.39 is 0 Å². The Kier molecular flexibility index (Phi) is 3.44. The third-order valence-electron chi connectivity index (χ3n) is 2.83. The fourth-order valence-corrected chi connectivity index (χ4v) is 1.99. The first-order valence-electron chi connectivity index (χ1n) is 5.71. The number of rotatable bonds is 3. The molecular formula is C11H18N4O. The number of fused-ring (bicyclic) bond motifs is 1. The van der Waals surface area contributed by atoms with Gasteiger partial charge < -0.3 is 15.4 Å². The van der Waals surface area contributed by atoms with Crippen LogP contribution in [0.25, 0.3) is 0 Å². The summed E-state index contributed by atoms with van der Waals surface area (Å²) in [6.45, 7) is 4.10. The Hall–Kier alpha value is -1.52. The van der Waals surface area contributed by atoms with Gasteiger partial charge in [0.1, 0.15) is 12.0 Å². The Balaban J connectivity index is 2.17. The molecule has 2 rings (SSSR count). The van der Waals surface area contributed by atoms with Gasteiger partial charge in [0.2, 0.25) is 5.88 Å². The molecular weight excluding hydrogens is 204 g/mol. The van der Waals surface area contributed by atoms with Crippen molar-refractivity contribution in [2.75, 3.05) is 30.8 Å². The predicted molar refractivity (Wildman–Crippen MR) is 64.0 cm³/mol. The number of hydrogen-bond donors (Lipinski definition) is 2. The lowest BCUT2D eigenvalue weighted by molar-refractivity contribution is 0.399. The zero-order valence-corrected chi connectivity index (χ0v) is 9.79. The van der Waals surface area contributed by atoms with Crippen LogP contribution in [0, 0.1) is 5.92 Å². The highest BCUT2D eigenvalue weighted by molar-refractivity contribution is 5.70. The molecule has 0 fully saturated rings. The number of nitrogens with zero attached hydrogens (tertiary/aromatic N) is 2. The Bertz CT molecular complexity index is 356. The van der Waals surface area contributed by atoms with E-state index in [1.54, 1.807) is 7.11 Å². The van der Waals surface area contributed by atoms with E-state index in [0.717, 1.165) is 24.6 Å². The molecule has 1 unspecified atom stereocenters. The van der Waals surface area contributed by atoms with Crippen molar-refractivity contribution in [2.24, 2.45) is 5.92 Å². The van der Waals surface area contributed by atoms with Gasteiger partial charge in [0.15, 0.2) is 5.82 Å². The number of ether oxygens (including phenoxy) is 1. The number of methoxy groups -OCH3 is 1. The van der Waals surface area contributed by atoms with Crippen LogP contribution in [0.4, 0.5) is 11.5 Å². The minimum Gasteiger partial charge on any atom is -0.479 e. The van der Waals surface area contributed by atoms with Crippen molar-refractivity contribution in [1.29, 1.82) is 0 Å². The molecule has 5 nitrogen and oxygen atoms in total. The van der Waals surface area contributed by atoms with E-state index in [2.05, 4.69) is 27.5 Å². The van der Waals surface area contributed by atoms with Crippen molar-refractivity contribution in [2.45, 2.75) is 19.8 Å².